The van der Waals surface area contributed by atoms with Gasteiger partial charge in [0.1, 0.15) is 12.6 Å². The first-order valence-corrected chi connectivity index (χ1v) is 16.7. The standard InChI is InChI=1S/C34H40F3N3O4S/c1-4-31(33(42)38-28-10-6-5-7-11-28)39(22-26-17-13-24(2)14-18-26)32(41)23-40(29-12-8-9-27(21-29)34(35,36)37)45(43,44)30-19-15-25(3)16-20-30/h8-9,12-21,28,31H,4-7,10-11,22-23H2,1-3H3,(H,38,42)/t31-/m1/s1. The van der Waals surface area contributed by atoms with Crippen molar-refractivity contribution < 1.29 is 31.2 Å². The Morgan fingerprint density at radius 3 is 2.09 bits per heavy atom. The van der Waals surface area contributed by atoms with Gasteiger partial charge < -0.3 is 10.2 Å². The van der Waals surface area contributed by atoms with Gasteiger partial charge in [-0.2, -0.15) is 13.2 Å². The molecule has 0 bridgehead atoms. The summed E-state index contributed by atoms with van der Waals surface area (Å²) in [5.41, 5.74) is 1.15. The van der Waals surface area contributed by atoms with E-state index in [1.54, 1.807) is 26.0 Å². The van der Waals surface area contributed by atoms with E-state index < -0.39 is 40.3 Å². The second kappa shape index (κ2) is 14.5. The number of hydrogen-bond acceptors (Lipinski definition) is 4. The number of rotatable bonds is 11. The van der Waals surface area contributed by atoms with E-state index >= 15 is 0 Å². The summed E-state index contributed by atoms with van der Waals surface area (Å²) in [4.78, 5) is 29.0. The molecule has 3 aromatic rings. The molecule has 0 aliphatic heterocycles. The first-order chi connectivity index (χ1) is 21.3. The second-order valence-electron chi connectivity index (χ2n) is 11.6. The van der Waals surface area contributed by atoms with Gasteiger partial charge in [-0.25, -0.2) is 8.42 Å². The number of sulfonamides is 1. The topological polar surface area (TPSA) is 86.8 Å². The Hall–Kier alpha value is -3.86. The third-order valence-electron chi connectivity index (χ3n) is 8.16. The molecule has 2 amide bonds. The lowest BCUT2D eigenvalue weighted by Crippen LogP contribution is -2.54. The molecule has 1 fully saturated rings. The van der Waals surface area contributed by atoms with Crippen LogP contribution in [0.5, 0.6) is 0 Å². The van der Waals surface area contributed by atoms with Crippen LogP contribution in [-0.2, 0) is 32.3 Å². The van der Waals surface area contributed by atoms with Crippen molar-refractivity contribution in [3.8, 4) is 0 Å². The summed E-state index contributed by atoms with van der Waals surface area (Å²) in [6.07, 6.45) is 0.291. The number of halogens is 3. The number of nitrogens with one attached hydrogen (secondary N) is 1. The highest BCUT2D eigenvalue weighted by molar-refractivity contribution is 7.92. The molecule has 7 nitrogen and oxygen atoms in total. The molecular formula is C34H40F3N3O4S. The molecule has 3 aromatic carbocycles. The molecule has 0 heterocycles. The molecule has 0 aromatic heterocycles. The zero-order valence-electron chi connectivity index (χ0n) is 25.8. The lowest BCUT2D eigenvalue weighted by Gasteiger charge is -2.34. The largest absolute Gasteiger partial charge is 0.416 e. The summed E-state index contributed by atoms with van der Waals surface area (Å²) in [6, 6.07) is 16.2. The van der Waals surface area contributed by atoms with Gasteiger partial charge in [0.05, 0.1) is 16.1 Å². The Bertz CT molecular complexity index is 1570. The van der Waals surface area contributed by atoms with Crippen molar-refractivity contribution in [1.29, 1.82) is 0 Å². The summed E-state index contributed by atoms with van der Waals surface area (Å²) >= 11 is 0. The zero-order valence-corrected chi connectivity index (χ0v) is 26.6. The molecule has 242 valence electrons. The van der Waals surface area contributed by atoms with E-state index in [0.29, 0.717) is 4.31 Å². The van der Waals surface area contributed by atoms with Gasteiger partial charge in [-0.3, -0.25) is 13.9 Å². The number of alkyl halides is 3. The van der Waals surface area contributed by atoms with Crippen LogP contribution in [0.4, 0.5) is 18.9 Å². The Kier molecular flexibility index (Phi) is 11.0. The van der Waals surface area contributed by atoms with Gasteiger partial charge in [0.25, 0.3) is 10.0 Å². The maximum absolute atomic E-state index is 14.2. The van der Waals surface area contributed by atoms with Gasteiger partial charge in [-0.1, -0.05) is 79.8 Å². The van der Waals surface area contributed by atoms with Crippen LogP contribution < -0.4 is 9.62 Å². The molecule has 0 spiro atoms. The molecule has 1 saturated carbocycles. The highest BCUT2D eigenvalue weighted by Gasteiger charge is 2.36. The summed E-state index contributed by atoms with van der Waals surface area (Å²) < 4.78 is 69.8. The minimum Gasteiger partial charge on any atom is -0.352 e. The quantitative estimate of drug-likeness (QED) is 0.250. The van der Waals surface area contributed by atoms with Crippen LogP contribution in [0.25, 0.3) is 0 Å². The van der Waals surface area contributed by atoms with E-state index in [9.17, 15) is 31.2 Å². The third-order valence-corrected chi connectivity index (χ3v) is 9.95. The molecule has 1 N–H and O–H groups in total. The van der Waals surface area contributed by atoms with Crippen LogP contribution in [0.3, 0.4) is 0 Å². The highest BCUT2D eigenvalue weighted by Crippen LogP contribution is 2.33. The van der Waals surface area contributed by atoms with Crippen LogP contribution in [0, 0.1) is 13.8 Å². The second-order valence-corrected chi connectivity index (χ2v) is 13.5. The van der Waals surface area contributed by atoms with Crippen molar-refractivity contribution in [2.24, 2.45) is 0 Å². The summed E-state index contributed by atoms with van der Waals surface area (Å²) in [5, 5.41) is 3.08. The average Bonchev–Trinajstić information content (AvgIpc) is 3.01. The van der Waals surface area contributed by atoms with Gasteiger partial charge in [0.15, 0.2) is 0 Å². The SMILES string of the molecule is CC[C@H](C(=O)NC1CCCCC1)N(Cc1ccc(C)cc1)C(=O)CN(c1cccc(C(F)(F)F)c1)S(=O)(=O)c1ccc(C)cc1. The van der Waals surface area contributed by atoms with Gasteiger partial charge in [-0.15, -0.1) is 0 Å². The lowest BCUT2D eigenvalue weighted by atomic mass is 9.95. The van der Waals surface area contributed by atoms with Crippen molar-refractivity contribution in [2.75, 3.05) is 10.8 Å². The number of carbonyl (C=O) groups is 2. The first kappa shape index (κ1) is 34.0. The van der Waals surface area contributed by atoms with E-state index in [2.05, 4.69) is 5.32 Å². The fourth-order valence-electron chi connectivity index (χ4n) is 5.56. The first-order valence-electron chi connectivity index (χ1n) is 15.2. The molecule has 0 unspecified atom stereocenters. The maximum Gasteiger partial charge on any atom is 0.416 e. The number of anilines is 1. The minimum atomic E-state index is -4.73. The molecule has 11 heteroatoms. The van der Waals surface area contributed by atoms with E-state index in [1.807, 2.05) is 31.2 Å². The van der Waals surface area contributed by atoms with E-state index in [-0.39, 0.29) is 35.5 Å². The zero-order chi connectivity index (χ0) is 32.8. The number of hydrogen-bond donors (Lipinski definition) is 1. The van der Waals surface area contributed by atoms with Crippen molar-refractivity contribution >= 4 is 27.5 Å². The molecule has 0 saturated heterocycles. The molecular weight excluding hydrogens is 603 g/mol. The molecule has 4 rings (SSSR count). The van der Waals surface area contributed by atoms with Crippen molar-refractivity contribution in [3.63, 3.8) is 0 Å². The van der Waals surface area contributed by atoms with Crippen LogP contribution in [0.15, 0.2) is 77.7 Å². The van der Waals surface area contributed by atoms with E-state index in [0.717, 1.165) is 67.0 Å². The van der Waals surface area contributed by atoms with Gasteiger partial charge in [-0.05, 0) is 69.0 Å². The molecule has 1 aliphatic carbocycles. The Morgan fingerprint density at radius 2 is 1.51 bits per heavy atom. The number of aryl methyl sites for hydroxylation is 2. The van der Waals surface area contributed by atoms with Crippen LogP contribution in [0.1, 0.15) is 67.7 Å². The van der Waals surface area contributed by atoms with Gasteiger partial charge in [0, 0.05) is 12.6 Å². The number of nitrogens with zero attached hydrogens (tertiary/aromatic N) is 2. The predicted molar refractivity (Wildman–Crippen MR) is 168 cm³/mol. The van der Waals surface area contributed by atoms with E-state index in [4.69, 9.17) is 0 Å². The normalized spacial score (nSPS) is 14.9. The van der Waals surface area contributed by atoms with Crippen LogP contribution >= 0.6 is 0 Å². The summed E-state index contributed by atoms with van der Waals surface area (Å²) in [5.74, 6) is -1.05. The lowest BCUT2D eigenvalue weighted by molar-refractivity contribution is -0.140. The molecule has 1 aliphatic rings. The van der Waals surface area contributed by atoms with Crippen LogP contribution in [0.2, 0.25) is 0 Å². The van der Waals surface area contributed by atoms with E-state index in [1.165, 1.54) is 23.1 Å². The summed E-state index contributed by atoms with van der Waals surface area (Å²) in [7, 11) is -4.50. The smallest absolute Gasteiger partial charge is 0.352 e. The Morgan fingerprint density at radius 1 is 0.911 bits per heavy atom. The van der Waals surface area contributed by atoms with Crippen molar-refractivity contribution in [3.05, 3.63) is 95.1 Å². The van der Waals surface area contributed by atoms with Gasteiger partial charge in [0.2, 0.25) is 11.8 Å². The Balaban J connectivity index is 1.75. The maximum atomic E-state index is 14.2. The highest BCUT2D eigenvalue weighted by atomic mass is 32.2. The van der Waals surface area contributed by atoms with Gasteiger partial charge >= 0.3 is 6.18 Å². The molecule has 0 radical (unpaired) electrons. The number of carbonyl (C=O) groups excluding carboxylic acids is 2. The molecule has 45 heavy (non-hydrogen) atoms. The summed E-state index contributed by atoms with van der Waals surface area (Å²) in [6.45, 7) is 4.67. The number of benzene rings is 3. The Labute approximate surface area is 263 Å². The fourth-order valence-corrected chi connectivity index (χ4v) is 6.96. The third kappa shape index (κ3) is 8.65. The van der Waals surface area contributed by atoms with Crippen molar-refractivity contribution in [1.82, 2.24) is 10.2 Å². The number of amides is 2. The fraction of sp³-hybridized carbons (Fsp3) is 0.412. The molecule has 1 atom stereocenters. The monoisotopic (exact) mass is 643 g/mol. The predicted octanol–water partition coefficient (Wildman–Crippen LogP) is 6.77. The van der Waals surface area contributed by atoms with Crippen molar-refractivity contribution in [2.45, 2.75) is 89.0 Å². The van der Waals surface area contributed by atoms with Crippen LogP contribution in [-0.4, -0.2) is 43.8 Å². The minimum absolute atomic E-state index is 0.0106. The average molecular weight is 644 g/mol.